The van der Waals surface area contributed by atoms with Gasteiger partial charge in [0.25, 0.3) is 0 Å². The molecule has 0 bridgehead atoms. The van der Waals surface area contributed by atoms with Gasteiger partial charge in [-0.3, -0.25) is 0 Å². The highest BCUT2D eigenvalue weighted by Gasteiger charge is 2.25. The van der Waals surface area contributed by atoms with Crippen molar-refractivity contribution in [3.63, 3.8) is 0 Å². The topological polar surface area (TPSA) is 105 Å². The van der Waals surface area contributed by atoms with Crippen LogP contribution in [0.3, 0.4) is 0 Å². The Kier molecular flexibility index (Phi) is 4.75. The number of amides is 2. The van der Waals surface area contributed by atoms with Crippen LogP contribution >= 0.6 is 0 Å². The SMILES string of the molecule is NS(=O)(=NC(=O)Nc1c2c(cc3c1CCC3)CCC2)c1cccc(CO)c1. The van der Waals surface area contributed by atoms with E-state index in [-0.39, 0.29) is 11.5 Å². The van der Waals surface area contributed by atoms with Gasteiger partial charge in [0, 0.05) is 5.69 Å². The van der Waals surface area contributed by atoms with Crippen LogP contribution < -0.4 is 10.5 Å². The number of aliphatic hydroxyl groups is 1. The van der Waals surface area contributed by atoms with Gasteiger partial charge >= 0.3 is 6.03 Å². The number of nitrogens with one attached hydrogen (secondary N) is 1. The Labute approximate surface area is 159 Å². The number of fused-ring (bicyclic) bond motifs is 2. The van der Waals surface area contributed by atoms with Crippen LogP contribution in [0.15, 0.2) is 39.6 Å². The van der Waals surface area contributed by atoms with E-state index in [1.165, 1.54) is 28.3 Å². The zero-order valence-electron chi connectivity index (χ0n) is 15.0. The first-order valence-electron chi connectivity index (χ1n) is 9.20. The van der Waals surface area contributed by atoms with E-state index >= 15 is 0 Å². The molecule has 2 aliphatic carbocycles. The van der Waals surface area contributed by atoms with Gasteiger partial charge in [-0.2, -0.15) is 0 Å². The van der Waals surface area contributed by atoms with E-state index in [0.717, 1.165) is 44.2 Å². The molecule has 0 fully saturated rings. The maximum absolute atomic E-state index is 12.8. The molecule has 6 nitrogen and oxygen atoms in total. The summed E-state index contributed by atoms with van der Waals surface area (Å²) in [7, 11) is -3.39. The molecule has 2 aromatic rings. The second kappa shape index (κ2) is 7.07. The van der Waals surface area contributed by atoms with Crippen molar-refractivity contribution in [2.75, 3.05) is 5.32 Å². The lowest BCUT2D eigenvalue weighted by Crippen LogP contribution is -2.19. The van der Waals surface area contributed by atoms with E-state index in [4.69, 9.17) is 5.14 Å². The summed E-state index contributed by atoms with van der Waals surface area (Å²) >= 11 is 0. The fourth-order valence-corrected chi connectivity index (χ4v) is 5.09. The summed E-state index contributed by atoms with van der Waals surface area (Å²) < 4.78 is 16.6. The maximum atomic E-state index is 12.8. The van der Waals surface area contributed by atoms with Crippen molar-refractivity contribution < 1.29 is 14.1 Å². The summed E-state index contributed by atoms with van der Waals surface area (Å²) in [6.45, 7) is -0.197. The monoisotopic (exact) mass is 385 g/mol. The second-order valence-corrected chi connectivity index (χ2v) is 8.92. The number of carbonyl (C=O) groups excluding carboxylic acids is 1. The van der Waals surface area contributed by atoms with Crippen LogP contribution in [0, 0.1) is 0 Å². The molecular weight excluding hydrogens is 362 g/mol. The fraction of sp³-hybridized carbons (Fsp3) is 0.350. The third-order valence-electron chi connectivity index (χ3n) is 5.34. The Hall–Kier alpha value is -2.22. The highest BCUT2D eigenvalue weighted by Crippen LogP contribution is 2.38. The molecule has 2 aliphatic rings. The van der Waals surface area contributed by atoms with Crippen LogP contribution in [0.5, 0.6) is 0 Å². The molecule has 142 valence electrons. The fourth-order valence-electron chi connectivity index (χ4n) is 4.10. The summed E-state index contributed by atoms with van der Waals surface area (Å²) in [6.07, 6.45) is 6.11. The highest BCUT2D eigenvalue weighted by molar-refractivity contribution is 7.91. The van der Waals surface area contributed by atoms with E-state index in [1.54, 1.807) is 18.2 Å². The molecule has 0 saturated carbocycles. The van der Waals surface area contributed by atoms with Crippen molar-refractivity contribution in [2.45, 2.75) is 50.0 Å². The van der Waals surface area contributed by atoms with E-state index < -0.39 is 15.9 Å². The lowest BCUT2D eigenvalue weighted by molar-refractivity contribution is 0.260. The average Bonchev–Trinajstić information content (AvgIpc) is 3.30. The van der Waals surface area contributed by atoms with E-state index in [2.05, 4.69) is 15.7 Å². The number of hydrogen-bond donors (Lipinski definition) is 3. The maximum Gasteiger partial charge on any atom is 0.354 e. The molecule has 1 atom stereocenters. The largest absolute Gasteiger partial charge is 0.392 e. The van der Waals surface area contributed by atoms with Crippen molar-refractivity contribution >= 4 is 21.6 Å². The van der Waals surface area contributed by atoms with Gasteiger partial charge in [-0.25, -0.2) is 14.1 Å². The number of anilines is 1. The van der Waals surface area contributed by atoms with Crippen LogP contribution in [-0.2, 0) is 42.2 Å². The molecule has 0 spiro atoms. The lowest BCUT2D eigenvalue weighted by Gasteiger charge is -2.15. The van der Waals surface area contributed by atoms with Crippen LogP contribution in [0.25, 0.3) is 0 Å². The molecule has 4 rings (SSSR count). The van der Waals surface area contributed by atoms with Gasteiger partial charge < -0.3 is 10.4 Å². The minimum absolute atomic E-state index is 0.197. The Morgan fingerprint density at radius 2 is 1.78 bits per heavy atom. The predicted octanol–water partition coefficient (Wildman–Crippen LogP) is 3.09. The third-order valence-corrected chi connectivity index (χ3v) is 6.71. The highest BCUT2D eigenvalue weighted by atomic mass is 32.2. The van der Waals surface area contributed by atoms with E-state index in [9.17, 15) is 14.1 Å². The van der Waals surface area contributed by atoms with Crippen LogP contribution in [0.2, 0.25) is 0 Å². The normalized spacial score (nSPS) is 17.1. The number of aryl methyl sites for hydroxylation is 2. The van der Waals surface area contributed by atoms with Gasteiger partial charge in [-0.15, -0.1) is 4.36 Å². The van der Waals surface area contributed by atoms with Crippen LogP contribution in [-0.4, -0.2) is 15.3 Å². The zero-order chi connectivity index (χ0) is 19.0. The number of nitrogens with two attached hydrogens (primary N) is 1. The minimum atomic E-state index is -3.39. The van der Waals surface area contributed by atoms with Gasteiger partial charge in [-0.1, -0.05) is 18.2 Å². The predicted molar refractivity (Wildman–Crippen MR) is 105 cm³/mol. The van der Waals surface area contributed by atoms with Crippen molar-refractivity contribution in [2.24, 2.45) is 9.50 Å². The number of aliphatic hydroxyl groups excluding tert-OH is 1. The van der Waals surface area contributed by atoms with Gasteiger partial charge in [-0.05, 0) is 78.5 Å². The number of carbonyl (C=O) groups is 1. The quantitative estimate of drug-likeness (QED) is 0.756. The summed E-state index contributed by atoms with van der Waals surface area (Å²) in [6, 6.07) is 7.98. The summed E-state index contributed by atoms with van der Waals surface area (Å²) in [5.74, 6) is 0. The molecule has 0 radical (unpaired) electrons. The second-order valence-electron chi connectivity index (χ2n) is 7.13. The molecular formula is C20H23N3O3S. The summed E-state index contributed by atoms with van der Waals surface area (Å²) in [5.41, 5.74) is 6.39. The molecule has 7 heteroatoms. The lowest BCUT2D eigenvalue weighted by atomic mass is 9.99. The third kappa shape index (κ3) is 3.50. The average molecular weight is 385 g/mol. The molecule has 0 saturated heterocycles. The standard InChI is InChI=1S/C20H23N3O3S/c21-27(26,16-7-1-4-13(10-16)12-24)23-20(25)22-19-17-8-2-5-14(17)11-15-6-3-9-18(15)19/h1,4,7,10-11,24H,2-3,5-6,8-9,12H2,(H3,21,22,23,25,26). The molecule has 0 aliphatic heterocycles. The molecule has 2 aromatic carbocycles. The number of hydrogen-bond acceptors (Lipinski definition) is 3. The number of rotatable bonds is 3. The molecule has 2 amide bonds. The minimum Gasteiger partial charge on any atom is -0.392 e. The van der Waals surface area contributed by atoms with Crippen molar-refractivity contribution in [1.82, 2.24) is 0 Å². The Morgan fingerprint density at radius 1 is 1.11 bits per heavy atom. The molecule has 0 aromatic heterocycles. The van der Waals surface area contributed by atoms with Crippen molar-refractivity contribution in [1.29, 1.82) is 0 Å². The number of nitrogens with zero attached hydrogens (tertiary/aromatic N) is 1. The van der Waals surface area contributed by atoms with Crippen molar-refractivity contribution in [3.8, 4) is 0 Å². The van der Waals surface area contributed by atoms with Gasteiger partial charge in [0.2, 0.25) is 0 Å². The number of benzene rings is 2. The van der Waals surface area contributed by atoms with Crippen molar-refractivity contribution in [3.05, 3.63) is 58.1 Å². The van der Waals surface area contributed by atoms with Crippen LogP contribution in [0.4, 0.5) is 10.5 Å². The molecule has 4 N–H and O–H groups in total. The van der Waals surface area contributed by atoms with E-state index in [0.29, 0.717) is 5.56 Å². The molecule has 0 heterocycles. The zero-order valence-corrected chi connectivity index (χ0v) is 15.8. The van der Waals surface area contributed by atoms with Gasteiger partial charge in [0.15, 0.2) is 0 Å². The first-order chi connectivity index (χ1) is 13.0. The molecule has 1 unspecified atom stereocenters. The van der Waals surface area contributed by atoms with E-state index in [1.807, 2.05) is 0 Å². The van der Waals surface area contributed by atoms with Gasteiger partial charge in [0.1, 0.15) is 9.92 Å². The summed E-state index contributed by atoms with van der Waals surface area (Å²) in [4.78, 5) is 12.8. The Balaban J connectivity index is 1.67. The van der Waals surface area contributed by atoms with Gasteiger partial charge in [0.05, 0.1) is 11.5 Å². The first-order valence-corrected chi connectivity index (χ1v) is 10.8. The Morgan fingerprint density at radius 3 is 2.41 bits per heavy atom. The molecule has 27 heavy (non-hydrogen) atoms. The number of urea groups is 1. The smallest absolute Gasteiger partial charge is 0.354 e. The summed E-state index contributed by atoms with van der Waals surface area (Å²) in [5, 5.41) is 18.0. The van der Waals surface area contributed by atoms with Crippen LogP contribution in [0.1, 0.15) is 40.7 Å². The first kappa shape index (κ1) is 18.2. The Bertz CT molecular complexity index is 1010.